The van der Waals surface area contributed by atoms with Gasteiger partial charge in [-0.3, -0.25) is 5.43 Å². The molecule has 6 nitrogen and oxygen atoms in total. The highest BCUT2D eigenvalue weighted by molar-refractivity contribution is 5.66. The predicted octanol–water partition coefficient (Wildman–Crippen LogP) is 1.76. The third-order valence-electron chi connectivity index (χ3n) is 3.44. The van der Waals surface area contributed by atoms with Crippen LogP contribution in [0.15, 0.2) is 24.5 Å². The molecule has 0 spiro atoms. The lowest BCUT2D eigenvalue weighted by Crippen LogP contribution is -2.34. The molecule has 0 radical (unpaired) electrons. The monoisotopic (exact) mass is 290 g/mol. The van der Waals surface area contributed by atoms with E-state index < -0.39 is 6.09 Å². The molecule has 0 saturated heterocycles. The van der Waals surface area contributed by atoms with Crippen LogP contribution in [0.5, 0.6) is 0 Å². The van der Waals surface area contributed by atoms with E-state index >= 15 is 0 Å². The van der Waals surface area contributed by atoms with Gasteiger partial charge >= 0.3 is 6.09 Å². The van der Waals surface area contributed by atoms with E-state index in [0.717, 1.165) is 6.67 Å². The maximum absolute atomic E-state index is 10.9. The van der Waals surface area contributed by atoms with Gasteiger partial charge in [-0.15, -0.1) is 0 Å². The zero-order chi connectivity index (χ0) is 15.4. The molecule has 1 aromatic rings. The minimum atomic E-state index is -0.611. The smallest absolute Gasteiger partial charge is 0.421 e. The molecule has 0 aromatic heterocycles. The Balaban J connectivity index is 1.94. The Bertz CT molecular complexity index is 534. The van der Waals surface area contributed by atoms with Gasteiger partial charge in [0.1, 0.15) is 6.61 Å². The van der Waals surface area contributed by atoms with Gasteiger partial charge in [0.05, 0.1) is 13.2 Å². The first-order valence-electron chi connectivity index (χ1n) is 6.91. The van der Waals surface area contributed by atoms with Crippen molar-refractivity contribution in [2.45, 2.75) is 20.8 Å². The summed E-state index contributed by atoms with van der Waals surface area (Å²) in [5.41, 5.74) is 6.97. The van der Waals surface area contributed by atoms with Crippen molar-refractivity contribution in [2.75, 3.05) is 24.7 Å². The molecule has 0 atom stereocenters. The number of nitrogens with zero attached hydrogens (tertiary/aromatic N) is 2. The quantitative estimate of drug-likeness (QED) is 0.502. The van der Waals surface area contributed by atoms with E-state index in [0.29, 0.717) is 13.2 Å². The highest BCUT2D eigenvalue weighted by atomic mass is 16.6. The fourth-order valence-corrected chi connectivity index (χ4v) is 2.68. The largest absolute Gasteiger partial charge is 0.447 e. The highest BCUT2D eigenvalue weighted by Gasteiger charge is 2.17. The first-order valence-corrected chi connectivity index (χ1v) is 6.91. The maximum atomic E-state index is 10.9. The molecule has 1 amide bonds. The number of nitrogens with one attached hydrogen (secondary N) is 1. The lowest BCUT2D eigenvalue weighted by atomic mass is 10.0. The van der Waals surface area contributed by atoms with Crippen LogP contribution in [0.3, 0.4) is 0 Å². The summed E-state index contributed by atoms with van der Waals surface area (Å²) in [6, 6.07) is 4.38. The van der Waals surface area contributed by atoms with E-state index in [1.54, 1.807) is 0 Å². The first-order chi connectivity index (χ1) is 10.0. The van der Waals surface area contributed by atoms with Gasteiger partial charge in [-0.1, -0.05) is 17.7 Å². The molecule has 0 unspecified atom stereocenters. The number of hydrazine groups is 1. The molecule has 114 valence electrons. The Hall–Kier alpha value is -2.21. The van der Waals surface area contributed by atoms with E-state index in [9.17, 15) is 4.79 Å². The number of amides is 1. The van der Waals surface area contributed by atoms with Crippen LogP contribution in [0.4, 0.5) is 10.5 Å². The van der Waals surface area contributed by atoms with Crippen LogP contribution in [0.1, 0.15) is 16.7 Å². The van der Waals surface area contributed by atoms with Gasteiger partial charge in [0.15, 0.2) is 0 Å². The van der Waals surface area contributed by atoms with Crippen LogP contribution in [0, 0.1) is 20.8 Å². The molecule has 0 saturated carbocycles. The normalized spacial score (nSPS) is 13.7. The molecular formula is C15H22N4O2. The van der Waals surface area contributed by atoms with Gasteiger partial charge in [-0.05, 0) is 31.9 Å². The number of nitrogens with two attached hydrogens (primary N) is 1. The number of hydrogen-bond donors (Lipinski definition) is 2. The summed E-state index contributed by atoms with van der Waals surface area (Å²) in [5.74, 6) is 4.95. The fraction of sp³-hybridized carbons (Fsp3) is 0.400. The van der Waals surface area contributed by atoms with Crippen molar-refractivity contribution in [1.82, 2.24) is 10.3 Å². The molecule has 6 heteroatoms. The number of benzene rings is 1. The number of anilines is 1. The minimum Gasteiger partial charge on any atom is -0.447 e. The molecule has 1 heterocycles. The average molecular weight is 290 g/mol. The number of carbonyl (C=O) groups excluding carboxylic acids is 1. The van der Waals surface area contributed by atoms with E-state index in [1.165, 1.54) is 22.4 Å². The van der Waals surface area contributed by atoms with Crippen LogP contribution >= 0.6 is 0 Å². The zero-order valence-corrected chi connectivity index (χ0v) is 12.7. The summed E-state index contributed by atoms with van der Waals surface area (Å²) < 4.78 is 4.89. The second kappa shape index (κ2) is 6.49. The number of hydrogen-bond acceptors (Lipinski definition) is 5. The lowest BCUT2D eigenvalue weighted by molar-refractivity contribution is 0.137. The lowest BCUT2D eigenvalue weighted by Gasteiger charge is -2.24. The predicted molar refractivity (Wildman–Crippen MR) is 82.5 cm³/mol. The van der Waals surface area contributed by atoms with Crippen LogP contribution < -0.4 is 16.2 Å². The van der Waals surface area contributed by atoms with E-state index in [4.69, 9.17) is 10.6 Å². The maximum Gasteiger partial charge on any atom is 0.421 e. The summed E-state index contributed by atoms with van der Waals surface area (Å²) >= 11 is 0. The summed E-state index contributed by atoms with van der Waals surface area (Å²) in [4.78, 5) is 15.2. The summed E-state index contributed by atoms with van der Waals surface area (Å²) in [6.45, 7) is 8.03. The number of aryl methyl sites for hydroxylation is 3. The van der Waals surface area contributed by atoms with Gasteiger partial charge in [-0.25, -0.2) is 10.6 Å². The second-order valence-electron chi connectivity index (χ2n) is 5.25. The zero-order valence-electron chi connectivity index (χ0n) is 12.7. The molecule has 1 aliphatic heterocycles. The fourth-order valence-electron chi connectivity index (χ4n) is 2.68. The molecule has 21 heavy (non-hydrogen) atoms. The van der Waals surface area contributed by atoms with Crippen molar-refractivity contribution in [1.29, 1.82) is 0 Å². The van der Waals surface area contributed by atoms with E-state index in [1.807, 2.05) is 17.8 Å². The van der Waals surface area contributed by atoms with Crippen LogP contribution in [-0.2, 0) is 4.74 Å². The third kappa shape index (κ3) is 3.66. The summed E-state index contributed by atoms with van der Waals surface area (Å²) in [5, 5.41) is 0. The van der Waals surface area contributed by atoms with Crippen molar-refractivity contribution >= 4 is 11.8 Å². The Morgan fingerprint density at radius 2 is 1.95 bits per heavy atom. The molecule has 1 aromatic carbocycles. The van der Waals surface area contributed by atoms with E-state index in [-0.39, 0.29) is 0 Å². The molecule has 2 rings (SSSR count). The molecule has 1 aliphatic rings. The molecule has 0 aliphatic carbocycles. The number of carbonyl (C=O) groups is 1. The Morgan fingerprint density at radius 1 is 1.29 bits per heavy atom. The second-order valence-corrected chi connectivity index (χ2v) is 5.25. The van der Waals surface area contributed by atoms with Gasteiger partial charge in [0, 0.05) is 18.1 Å². The standard InChI is InChI=1S/C15H22N4O2/c1-11-8-12(2)14(13(3)9-11)19-5-4-18(10-19)6-7-21-15(20)17-16/h4-5,8-9H,6-7,10,16H2,1-3H3,(H,17,20). The summed E-state index contributed by atoms with van der Waals surface area (Å²) in [6.07, 6.45) is 3.44. The van der Waals surface area contributed by atoms with Crippen molar-refractivity contribution in [3.63, 3.8) is 0 Å². The molecular weight excluding hydrogens is 268 g/mol. The molecule has 0 bridgehead atoms. The number of ether oxygens (including phenoxy) is 1. The topological polar surface area (TPSA) is 70.8 Å². The van der Waals surface area contributed by atoms with E-state index in [2.05, 4.69) is 42.7 Å². The van der Waals surface area contributed by atoms with Crippen molar-refractivity contribution in [3.8, 4) is 0 Å². The van der Waals surface area contributed by atoms with Crippen molar-refractivity contribution in [3.05, 3.63) is 41.2 Å². The third-order valence-corrected chi connectivity index (χ3v) is 3.44. The average Bonchev–Trinajstić information content (AvgIpc) is 2.85. The Kier molecular flexibility index (Phi) is 4.70. The van der Waals surface area contributed by atoms with Crippen molar-refractivity contribution < 1.29 is 9.53 Å². The van der Waals surface area contributed by atoms with Gasteiger partial charge in [0.2, 0.25) is 0 Å². The highest BCUT2D eigenvalue weighted by Crippen LogP contribution is 2.28. The van der Waals surface area contributed by atoms with Crippen LogP contribution in [-0.4, -0.2) is 30.8 Å². The van der Waals surface area contributed by atoms with Gasteiger partial charge in [0.25, 0.3) is 0 Å². The molecule has 0 fully saturated rings. The van der Waals surface area contributed by atoms with Crippen molar-refractivity contribution in [2.24, 2.45) is 5.84 Å². The molecule has 3 N–H and O–H groups in total. The Labute approximate surface area is 125 Å². The number of rotatable bonds is 4. The van der Waals surface area contributed by atoms with Gasteiger partial charge < -0.3 is 14.5 Å². The minimum absolute atomic E-state index is 0.299. The van der Waals surface area contributed by atoms with Crippen LogP contribution in [0.2, 0.25) is 0 Å². The summed E-state index contributed by atoms with van der Waals surface area (Å²) in [7, 11) is 0. The SMILES string of the molecule is Cc1cc(C)c(N2C=CN(CCOC(=O)NN)C2)c(C)c1. The Morgan fingerprint density at radius 3 is 2.57 bits per heavy atom. The first kappa shape index (κ1) is 15.2. The van der Waals surface area contributed by atoms with Gasteiger partial charge in [-0.2, -0.15) is 0 Å². The van der Waals surface area contributed by atoms with Crippen LogP contribution in [0.25, 0.3) is 0 Å².